The number of aryl methyl sites for hydroxylation is 1. The summed E-state index contributed by atoms with van der Waals surface area (Å²) in [5, 5.41) is 6.10. The van der Waals surface area contributed by atoms with Crippen LogP contribution in [-0.4, -0.2) is 10.2 Å². The fourth-order valence-corrected chi connectivity index (χ4v) is 0.683. The Bertz CT molecular complexity index is 256. The van der Waals surface area contributed by atoms with Gasteiger partial charge in [-0.3, -0.25) is 0 Å². The van der Waals surface area contributed by atoms with Crippen molar-refractivity contribution in [3.8, 4) is 0 Å². The van der Waals surface area contributed by atoms with Gasteiger partial charge in [-0.2, -0.15) is 13.2 Å². The smallest absolute Gasteiger partial charge is 0.417 e. The lowest BCUT2D eigenvalue weighted by molar-refractivity contribution is -0.157. The Morgan fingerprint density at radius 1 is 1.33 bits per heavy atom. The average Bonchev–Trinajstić information content (AvgIpc) is 2.35. The van der Waals surface area contributed by atoms with Crippen LogP contribution in [0.5, 0.6) is 0 Å². The second kappa shape index (κ2) is 3.12. The van der Waals surface area contributed by atoms with Crippen molar-refractivity contribution in [3.05, 3.63) is 11.8 Å². The van der Waals surface area contributed by atoms with Crippen molar-refractivity contribution in [2.75, 3.05) is 0 Å². The molecule has 0 saturated heterocycles. The van der Waals surface area contributed by atoms with Gasteiger partial charge in [-0.25, -0.2) is 0 Å². The second-order valence-corrected chi connectivity index (χ2v) is 2.25. The van der Waals surface area contributed by atoms with Crippen LogP contribution < -0.4 is 0 Å². The van der Waals surface area contributed by atoms with Crippen LogP contribution in [0.15, 0.2) is 4.42 Å². The van der Waals surface area contributed by atoms with Crippen LogP contribution in [0, 0.1) is 0 Å². The number of alkyl halides is 3. The highest BCUT2D eigenvalue weighted by Crippen LogP contribution is 2.27. The SMILES string of the molecule is CCCc1nnc(C(F)(F)F)o1. The van der Waals surface area contributed by atoms with Crippen molar-refractivity contribution in [1.29, 1.82) is 0 Å². The normalized spacial score (nSPS) is 12.0. The number of nitrogens with zero attached hydrogens (tertiary/aromatic N) is 2. The summed E-state index contributed by atoms with van der Waals surface area (Å²) in [6.07, 6.45) is -3.47. The van der Waals surface area contributed by atoms with Gasteiger partial charge in [0.05, 0.1) is 0 Å². The molecule has 0 aliphatic carbocycles. The molecule has 0 atom stereocenters. The molecule has 0 spiro atoms. The fraction of sp³-hybridized carbons (Fsp3) is 0.667. The standard InChI is InChI=1S/C6H7F3N2O/c1-2-3-4-10-11-5(12-4)6(7,8)9/h2-3H2,1H3. The topological polar surface area (TPSA) is 38.9 Å². The molecule has 0 N–H and O–H groups in total. The molecule has 3 nitrogen and oxygen atoms in total. The predicted octanol–water partition coefficient (Wildman–Crippen LogP) is 2.04. The molecule has 1 rings (SSSR count). The molecule has 0 aliphatic rings. The maximum atomic E-state index is 11.8. The molecule has 0 fully saturated rings. The van der Waals surface area contributed by atoms with E-state index in [2.05, 4.69) is 14.6 Å². The number of rotatable bonds is 2. The monoisotopic (exact) mass is 180 g/mol. The Hall–Kier alpha value is -1.07. The molecule has 68 valence electrons. The van der Waals surface area contributed by atoms with Crippen LogP contribution in [0.4, 0.5) is 13.2 Å². The highest BCUT2D eigenvalue weighted by atomic mass is 19.4. The largest absolute Gasteiger partial charge is 0.470 e. The predicted molar refractivity (Wildman–Crippen MR) is 33.3 cm³/mol. The van der Waals surface area contributed by atoms with Crippen molar-refractivity contribution in [2.45, 2.75) is 25.9 Å². The Kier molecular flexibility index (Phi) is 2.35. The lowest BCUT2D eigenvalue weighted by Crippen LogP contribution is -2.04. The number of hydrogen-bond acceptors (Lipinski definition) is 3. The van der Waals surface area contributed by atoms with E-state index < -0.39 is 12.1 Å². The van der Waals surface area contributed by atoms with Gasteiger partial charge in [0.15, 0.2) is 0 Å². The molecule has 0 amide bonds. The molecule has 0 unspecified atom stereocenters. The van der Waals surface area contributed by atoms with Crippen molar-refractivity contribution in [3.63, 3.8) is 0 Å². The summed E-state index contributed by atoms with van der Waals surface area (Å²) in [5.74, 6) is -1.24. The third-order valence-corrected chi connectivity index (χ3v) is 1.17. The summed E-state index contributed by atoms with van der Waals surface area (Å²) < 4.78 is 39.9. The molecule has 0 aliphatic heterocycles. The highest BCUT2D eigenvalue weighted by Gasteiger charge is 2.37. The quantitative estimate of drug-likeness (QED) is 0.699. The molecule has 1 aromatic rings. The number of aromatic nitrogens is 2. The summed E-state index contributed by atoms with van der Waals surface area (Å²) in [6, 6.07) is 0. The van der Waals surface area contributed by atoms with Crippen LogP contribution in [0.3, 0.4) is 0 Å². The van der Waals surface area contributed by atoms with Gasteiger partial charge in [0.25, 0.3) is 0 Å². The molecule has 1 aromatic heterocycles. The van der Waals surface area contributed by atoms with Crippen LogP contribution >= 0.6 is 0 Å². The summed E-state index contributed by atoms with van der Waals surface area (Å²) >= 11 is 0. The van der Waals surface area contributed by atoms with Crippen molar-refractivity contribution in [2.24, 2.45) is 0 Å². The molecule has 6 heteroatoms. The molecule has 1 heterocycles. The summed E-state index contributed by atoms with van der Waals surface area (Å²) in [6.45, 7) is 1.82. The minimum absolute atomic E-state index is 0.0322. The third-order valence-electron chi connectivity index (χ3n) is 1.17. The third kappa shape index (κ3) is 1.96. The van der Waals surface area contributed by atoms with Gasteiger partial charge in [-0.05, 0) is 6.42 Å². The molecular formula is C6H7F3N2O. The lowest BCUT2D eigenvalue weighted by Gasteiger charge is -1.96. The first-order valence-corrected chi connectivity index (χ1v) is 3.43. The molecule has 0 saturated carbocycles. The highest BCUT2D eigenvalue weighted by molar-refractivity contribution is 4.85. The van der Waals surface area contributed by atoms with Crippen LogP contribution in [0.2, 0.25) is 0 Å². The zero-order valence-corrected chi connectivity index (χ0v) is 6.35. The maximum absolute atomic E-state index is 11.8. The molecular weight excluding hydrogens is 173 g/mol. The van der Waals surface area contributed by atoms with Crippen LogP contribution in [0.1, 0.15) is 25.1 Å². The van der Waals surface area contributed by atoms with Gasteiger partial charge >= 0.3 is 12.1 Å². The Balaban J connectivity index is 2.77. The van der Waals surface area contributed by atoms with E-state index in [1.807, 2.05) is 6.92 Å². The average molecular weight is 180 g/mol. The maximum Gasteiger partial charge on any atom is 0.470 e. The zero-order chi connectivity index (χ0) is 9.19. The van der Waals surface area contributed by atoms with E-state index in [4.69, 9.17) is 0 Å². The van der Waals surface area contributed by atoms with E-state index in [9.17, 15) is 13.2 Å². The van der Waals surface area contributed by atoms with Crippen molar-refractivity contribution >= 4 is 0 Å². The van der Waals surface area contributed by atoms with E-state index in [1.165, 1.54) is 0 Å². The molecule has 0 radical (unpaired) electrons. The zero-order valence-electron chi connectivity index (χ0n) is 6.35. The van der Waals surface area contributed by atoms with E-state index in [0.29, 0.717) is 12.8 Å². The van der Waals surface area contributed by atoms with E-state index in [0.717, 1.165) is 0 Å². The van der Waals surface area contributed by atoms with Gasteiger partial charge in [0, 0.05) is 6.42 Å². The summed E-state index contributed by atoms with van der Waals surface area (Å²) in [7, 11) is 0. The molecule has 12 heavy (non-hydrogen) atoms. The fourth-order valence-electron chi connectivity index (χ4n) is 0.683. The first-order valence-electron chi connectivity index (χ1n) is 3.43. The number of halogens is 3. The first kappa shape index (κ1) is 9.02. The summed E-state index contributed by atoms with van der Waals surface area (Å²) in [4.78, 5) is 0. The lowest BCUT2D eigenvalue weighted by atomic mass is 10.3. The summed E-state index contributed by atoms with van der Waals surface area (Å²) in [5.41, 5.74) is 0. The van der Waals surface area contributed by atoms with Gasteiger partial charge in [0.1, 0.15) is 0 Å². The van der Waals surface area contributed by atoms with Crippen molar-refractivity contribution in [1.82, 2.24) is 10.2 Å². The van der Waals surface area contributed by atoms with Gasteiger partial charge in [0.2, 0.25) is 5.89 Å². The van der Waals surface area contributed by atoms with Gasteiger partial charge < -0.3 is 4.42 Å². The van der Waals surface area contributed by atoms with Gasteiger partial charge in [-0.15, -0.1) is 10.2 Å². The first-order chi connectivity index (χ1) is 5.54. The van der Waals surface area contributed by atoms with E-state index in [1.54, 1.807) is 0 Å². The Morgan fingerprint density at radius 3 is 2.42 bits per heavy atom. The minimum atomic E-state index is -4.53. The van der Waals surface area contributed by atoms with Crippen LogP contribution in [-0.2, 0) is 12.6 Å². The number of hydrogen-bond donors (Lipinski definition) is 0. The Morgan fingerprint density at radius 2 is 2.00 bits per heavy atom. The second-order valence-electron chi connectivity index (χ2n) is 2.25. The Labute approximate surface area is 66.6 Å². The van der Waals surface area contributed by atoms with E-state index in [-0.39, 0.29) is 5.89 Å². The van der Waals surface area contributed by atoms with Crippen LogP contribution in [0.25, 0.3) is 0 Å². The molecule has 0 aromatic carbocycles. The van der Waals surface area contributed by atoms with E-state index >= 15 is 0 Å². The van der Waals surface area contributed by atoms with Gasteiger partial charge in [-0.1, -0.05) is 6.92 Å². The molecule has 0 bridgehead atoms. The minimum Gasteiger partial charge on any atom is -0.417 e. The van der Waals surface area contributed by atoms with Crippen molar-refractivity contribution < 1.29 is 17.6 Å².